The summed E-state index contributed by atoms with van der Waals surface area (Å²) < 4.78 is 0. The molecule has 0 amide bonds. The van der Waals surface area contributed by atoms with Crippen LogP contribution in [0.3, 0.4) is 0 Å². The minimum absolute atomic E-state index is 0.0716. The van der Waals surface area contributed by atoms with E-state index >= 15 is 0 Å². The Morgan fingerprint density at radius 1 is 0.931 bits per heavy atom. The number of anilines is 1. The molecule has 29 heavy (non-hydrogen) atoms. The largest absolute Gasteiger partial charge is 0.505 e. The third-order valence-electron chi connectivity index (χ3n) is 4.70. The van der Waals surface area contributed by atoms with Crippen LogP contribution in [0.5, 0.6) is 5.75 Å². The Labute approximate surface area is 183 Å². The predicted molar refractivity (Wildman–Crippen MR) is 119 cm³/mol. The first kappa shape index (κ1) is 19.8. The Kier molecular flexibility index (Phi) is 5.50. The van der Waals surface area contributed by atoms with E-state index in [1.54, 1.807) is 30.6 Å². The molecule has 7 heteroatoms. The summed E-state index contributed by atoms with van der Waals surface area (Å²) in [5.41, 5.74) is 2.70. The lowest BCUT2D eigenvalue weighted by atomic mass is 9.96. The molecule has 0 fully saturated rings. The van der Waals surface area contributed by atoms with Gasteiger partial charge in [-0.25, -0.2) is 4.98 Å². The van der Waals surface area contributed by atoms with Gasteiger partial charge in [-0.3, -0.25) is 4.98 Å². The van der Waals surface area contributed by atoms with Crippen LogP contribution in [-0.4, -0.2) is 15.1 Å². The van der Waals surface area contributed by atoms with Crippen LogP contribution >= 0.6 is 34.8 Å². The zero-order chi connectivity index (χ0) is 20.5. The van der Waals surface area contributed by atoms with Crippen LogP contribution in [0.15, 0.2) is 60.9 Å². The van der Waals surface area contributed by atoms with E-state index < -0.39 is 6.04 Å². The van der Waals surface area contributed by atoms with Gasteiger partial charge >= 0.3 is 0 Å². The Morgan fingerprint density at radius 3 is 2.55 bits per heavy atom. The van der Waals surface area contributed by atoms with Crippen molar-refractivity contribution in [2.75, 3.05) is 5.32 Å². The summed E-state index contributed by atoms with van der Waals surface area (Å²) in [5.74, 6) is 0.663. The van der Waals surface area contributed by atoms with Gasteiger partial charge in [0.05, 0.1) is 11.1 Å². The molecular formula is C22H16Cl3N3O. The van der Waals surface area contributed by atoms with Crippen molar-refractivity contribution < 1.29 is 5.11 Å². The number of nitrogens with one attached hydrogen (secondary N) is 1. The molecule has 0 aliphatic heterocycles. The molecule has 4 aromatic rings. The molecule has 2 aromatic carbocycles. The Hall–Kier alpha value is -2.53. The maximum absolute atomic E-state index is 11.0. The molecule has 0 aliphatic rings. The number of rotatable bonds is 4. The van der Waals surface area contributed by atoms with Gasteiger partial charge in [0.15, 0.2) is 0 Å². The van der Waals surface area contributed by atoms with Crippen molar-refractivity contribution in [1.29, 1.82) is 0 Å². The van der Waals surface area contributed by atoms with Gasteiger partial charge in [-0.2, -0.15) is 0 Å². The molecule has 2 N–H and O–H groups in total. The summed E-state index contributed by atoms with van der Waals surface area (Å²) in [7, 11) is 0. The standard InChI is InChI=1S/C22H16Cl3N3O/c1-12-9-19(27-11-18(12)25)28-21(16-10-14(23)5-7-17(16)24)15-6-4-13-3-2-8-26-20(13)22(15)29/h2-11,21,29H,1H3,(H,27,28). The first-order chi connectivity index (χ1) is 13.9. The van der Waals surface area contributed by atoms with E-state index in [9.17, 15) is 5.11 Å². The van der Waals surface area contributed by atoms with Crippen molar-refractivity contribution in [3.05, 3.63) is 92.7 Å². The van der Waals surface area contributed by atoms with Gasteiger partial charge in [-0.1, -0.05) is 53.0 Å². The molecule has 1 unspecified atom stereocenters. The molecule has 0 aliphatic carbocycles. The van der Waals surface area contributed by atoms with E-state index in [1.807, 2.05) is 37.3 Å². The lowest BCUT2D eigenvalue weighted by molar-refractivity contribution is 0.471. The van der Waals surface area contributed by atoms with E-state index in [0.717, 1.165) is 10.9 Å². The number of aromatic hydroxyl groups is 1. The van der Waals surface area contributed by atoms with Crippen molar-refractivity contribution in [2.45, 2.75) is 13.0 Å². The quantitative estimate of drug-likeness (QED) is 0.363. The van der Waals surface area contributed by atoms with Crippen molar-refractivity contribution >= 4 is 51.5 Å². The van der Waals surface area contributed by atoms with Gasteiger partial charge in [-0.15, -0.1) is 0 Å². The van der Waals surface area contributed by atoms with Crippen molar-refractivity contribution in [3.8, 4) is 5.75 Å². The molecule has 4 nitrogen and oxygen atoms in total. The summed E-state index contributed by atoms with van der Waals surface area (Å²) in [4.78, 5) is 8.68. The Morgan fingerprint density at radius 2 is 1.76 bits per heavy atom. The summed E-state index contributed by atoms with van der Waals surface area (Å²) in [6.45, 7) is 1.90. The van der Waals surface area contributed by atoms with Gasteiger partial charge in [0.2, 0.25) is 0 Å². The van der Waals surface area contributed by atoms with Crippen LogP contribution in [0, 0.1) is 6.92 Å². The normalized spacial score (nSPS) is 12.1. The number of aryl methyl sites for hydroxylation is 1. The van der Waals surface area contributed by atoms with E-state index in [2.05, 4.69) is 15.3 Å². The molecular weight excluding hydrogens is 429 g/mol. The molecule has 2 heterocycles. The third kappa shape index (κ3) is 3.97. The fourth-order valence-electron chi connectivity index (χ4n) is 3.20. The van der Waals surface area contributed by atoms with Crippen LogP contribution in [0.25, 0.3) is 10.9 Å². The average Bonchev–Trinajstić information content (AvgIpc) is 2.72. The smallest absolute Gasteiger partial charge is 0.147 e. The van der Waals surface area contributed by atoms with Crippen LogP contribution in [0.1, 0.15) is 22.7 Å². The summed E-state index contributed by atoms with van der Waals surface area (Å²) >= 11 is 18.8. The van der Waals surface area contributed by atoms with E-state index in [0.29, 0.717) is 37.5 Å². The maximum Gasteiger partial charge on any atom is 0.147 e. The fraction of sp³-hybridized carbons (Fsp3) is 0.0909. The second kappa shape index (κ2) is 8.07. The van der Waals surface area contributed by atoms with Gasteiger partial charge in [-0.05, 0) is 48.4 Å². The summed E-state index contributed by atoms with van der Waals surface area (Å²) in [6.07, 6.45) is 3.22. The highest BCUT2D eigenvalue weighted by Gasteiger charge is 2.23. The lowest BCUT2D eigenvalue weighted by Gasteiger charge is -2.23. The molecule has 0 saturated carbocycles. The van der Waals surface area contributed by atoms with Crippen LogP contribution in [0.2, 0.25) is 15.1 Å². The lowest BCUT2D eigenvalue weighted by Crippen LogP contribution is -2.14. The fourth-order valence-corrected chi connectivity index (χ4v) is 3.71. The first-order valence-corrected chi connectivity index (χ1v) is 9.97. The van der Waals surface area contributed by atoms with Crippen LogP contribution < -0.4 is 5.32 Å². The molecule has 0 bridgehead atoms. The molecule has 0 saturated heterocycles. The summed E-state index contributed by atoms with van der Waals surface area (Å²) in [5, 5.41) is 16.8. The number of aromatic nitrogens is 2. The minimum Gasteiger partial charge on any atom is -0.505 e. The minimum atomic E-state index is -0.513. The summed E-state index contributed by atoms with van der Waals surface area (Å²) in [6, 6.07) is 14.0. The Balaban J connectivity index is 1.89. The van der Waals surface area contributed by atoms with Gasteiger partial charge < -0.3 is 10.4 Å². The number of phenolic OH excluding ortho intramolecular Hbond substituents is 1. The highest BCUT2D eigenvalue weighted by Crippen LogP contribution is 2.39. The second-order valence-corrected chi connectivity index (χ2v) is 7.89. The number of hydrogen-bond donors (Lipinski definition) is 2. The van der Waals surface area contributed by atoms with E-state index in [1.165, 1.54) is 0 Å². The number of pyridine rings is 2. The van der Waals surface area contributed by atoms with Gasteiger partial charge in [0.1, 0.15) is 17.1 Å². The number of benzene rings is 2. The zero-order valence-electron chi connectivity index (χ0n) is 15.3. The second-order valence-electron chi connectivity index (χ2n) is 6.64. The average molecular weight is 445 g/mol. The number of hydrogen-bond acceptors (Lipinski definition) is 4. The molecule has 1 atom stereocenters. The number of fused-ring (bicyclic) bond motifs is 1. The van der Waals surface area contributed by atoms with Gasteiger partial charge in [0.25, 0.3) is 0 Å². The van der Waals surface area contributed by atoms with Crippen molar-refractivity contribution in [1.82, 2.24) is 9.97 Å². The maximum atomic E-state index is 11.0. The van der Waals surface area contributed by atoms with Crippen molar-refractivity contribution in [3.63, 3.8) is 0 Å². The molecule has 146 valence electrons. The van der Waals surface area contributed by atoms with E-state index in [4.69, 9.17) is 34.8 Å². The van der Waals surface area contributed by atoms with Crippen LogP contribution in [-0.2, 0) is 0 Å². The number of halogens is 3. The van der Waals surface area contributed by atoms with Crippen LogP contribution in [0.4, 0.5) is 5.82 Å². The van der Waals surface area contributed by atoms with Crippen molar-refractivity contribution in [2.24, 2.45) is 0 Å². The molecule has 0 spiro atoms. The first-order valence-electron chi connectivity index (χ1n) is 8.84. The topological polar surface area (TPSA) is 58.0 Å². The highest BCUT2D eigenvalue weighted by atomic mass is 35.5. The SMILES string of the molecule is Cc1cc(NC(c2cc(Cl)ccc2Cl)c2ccc3cccnc3c2O)ncc1Cl. The number of phenols is 1. The zero-order valence-corrected chi connectivity index (χ0v) is 17.6. The highest BCUT2D eigenvalue weighted by molar-refractivity contribution is 6.33. The predicted octanol–water partition coefficient (Wildman–Crippen LogP) is 6.81. The third-order valence-corrected chi connectivity index (χ3v) is 5.67. The molecule has 4 rings (SSSR count). The molecule has 2 aromatic heterocycles. The monoisotopic (exact) mass is 443 g/mol. The Bertz CT molecular complexity index is 1210. The van der Waals surface area contributed by atoms with Gasteiger partial charge in [0, 0.05) is 33.4 Å². The van der Waals surface area contributed by atoms with E-state index in [-0.39, 0.29) is 5.75 Å². The molecule has 0 radical (unpaired) electrons. The number of nitrogens with zero attached hydrogens (tertiary/aromatic N) is 2.